The van der Waals surface area contributed by atoms with E-state index in [0.717, 1.165) is 75.7 Å². The Bertz CT molecular complexity index is 1850. The average Bonchev–Trinajstić information content (AvgIpc) is 2.96. The standard InChI is InChI=1S/C33H29N3O4/c1-2-3-4-9-16-40-33-35-31(34-32(36-33)30-28(38)17-21(37)18-29(30)39)27-19-26-22-11-6-5-10-20(22)14-15-25(26)23-12-7-8-13-24(23)27/h5-8,10-15,17-19,37-39H,2-4,9,16H2,1H3. The molecular formula is C33H29N3O4. The number of aromatic hydroxyl groups is 3. The normalized spacial score (nSPS) is 11.4. The van der Waals surface area contributed by atoms with Crippen LogP contribution in [0.2, 0.25) is 0 Å². The molecule has 0 saturated heterocycles. The van der Waals surface area contributed by atoms with Crippen molar-refractivity contribution in [3.05, 3.63) is 78.9 Å². The summed E-state index contributed by atoms with van der Waals surface area (Å²) in [5.41, 5.74) is 0.768. The number of benzene rings is 5. The van der Waals surface area contributed by atoms with Crippen LogP contribution in [0.4, 0.5) is 0 Å². The first kappa shape index (κ1) is 25.4. The lowest BCUT2D eigenvalue weighted by Gasteiger charge is -2.14. The van der Waals surface area contributed by atoms with Gasteiger partial charge in [-0.1, -0.05) is 86.8 Å². The van der Waals surface area contributed by atoms with Gasteiger partial charge in [0.05, 0.1) is 6.61 Å². The van der Waals surface area contributed by atoms with Gasteiger partial charge in [-0.25, -0.2) is 4.98 Å². The van der Waals surface area contributed by atoms with Crippen molar-refractivity contribution in [1.82, 2.24) is 15.0 Å². The molecule has 1 heterocycles. The third-order valence-electron chi connectivity index (χ3n) is 7.16. The molecule has 3 N–H and O–H groups in total. The molecule has 0 bridgehead atoms. The van der Waals surface area contributed by atoms with E-state index in [1.54, 1.807) is 0 Å². The summed E-state index contributed by atoms with van der Waals surface area (Å²) < 4.78 is 5.98. The summed E-state index contributed by atoms with van der Waals surface area (Å²) in [6.07, 6.45) is 4.11. The average molecular weight is 532 g/mol. The van der Waals surface area contributed by atoms with Gasteiger partial charge >= 0.3 is 6.01 Å². The molecule has 40 heavy (non-hydrogen) atoms. The molecule has 0 aliphatic carbocycles. The lowest BCUT2D eigenvalue weighted by atomic mass is 9.93. The zero-order valence-corrected chi connectivity index (χ0v) is 22.1. The Morgan fingerprint density at radius 2 is 1.30 bits per heavy atom. The second-order valence-electron chi connectivity index (χ2n) is 9.88. The molecule has 6 aromatic rings. The Morgan fingerprint density at radius 1 is 0.625 bits per heavy atom. The van der Waals surface area contributed by atoms with Gasteiger partial charge in [0.1, 0.15) is 22.8 Å². The summed E-state index contributed by atoms with van der Waals surface area (Å²) in [5.74, 6) is -0.569. The lowest BCUT2D eigenvalue weighted by molar-refractivity contribution is 0.281. The zero-order valence-electron chi connectivity index (χ0n) is 22.1. The van der Waals surface area contributed by atoms with Crippen molar-refractivity contribution in [1.29, 1.82) is 0 Å². The van der Waals surface area contributed by atoms with Gasteiger partial charge in [-0.05, 0) is 44.8 Å². The van der Waals surface area contributed by atoms with Gasteiger partial charge in [-0.3, -0.25) is 0 Å². The van der Waals surface area contributed by atoms with E-state index in [2.05, 4.69) is 48.3 Å². The van der Waals surface area contributed by atoms with Crippen LogP contribution in [-0.2, 0) is 0 Å². The molecule has 200 valence electrons. The number of phenols is 3. The molecular weight excluding hydrogens is 502 g/mol. The molecule has 6 rings (SSSR count). The predicted molar refractivity (Wildman–Crippen MR) is 158 cm³/mol. The highest BCUT2D eigenvalue weighted by Crippen LogP contribution is 2.41. The van der Waals surface area contributed by atoms with Crippen molar-refractivity contribution < 1.29 is 20.1 Å². The molecule has 0 amide bonds. The van der Waals surface area contributed by atoms with E-state index in [-0.39, 0.29) is 34.6 Å². The molecule has 0 aliphatic heterocycles. The van der Waals surface area contributed by atoms with Crippen LogP contribution in [0, 0.1) is 0 Å². The first-order valence-corrected chi connectivity index (χ1v) is 13.5. The van der Waals surface area contributed by atoms with Crippen molar-refractivity contribution >= 4 is 32.3 Å². The van der Waals surface area contributed by atoms with E-state index in [1.807, 2.05) is 30.3 Å². The quantitative estimate of drug-likeness (QED) is 0.136. The summed E-state index contributed by atoms with van der Waals surface area (Å²) in [4.78, 5) is 13.9. The monoisotopic (exact) mass is 531 g/mol. The van der Waals surface area contributed by atoms with E-state index >= 15 is 0 Å². The number of aromatic nitrogens is 3. The summed E-state index contributed by atoms with van der Waals surface area (Å²) in [7, 11) is 0. The molecule has 7 nitrogen and oxygen atoms in total. The molecule has 0 saturated carbocycles. The van der Waals surface area contributed by atoms with E-state index in [1.165, 1.54) is 0 Å². The van der Waals surface area contributed by atoms with Gasteiger partial charge in [0, 0.05) is 17.7 Å². The first-order valence-electron chi connectivity index (χ1n) is 13.5. The molecule has 0 unspecified atom stereocenters. The maximum atomic E-state index is 10.6. The highest BCUT2D eigenvalue weighted by Gasteiger charge is 2.20. The Hall–Kier alpha value is -4.91. The Kier molecular flexibility index (Phi) is 6.78. The minimum Gasteiger partial charge on any atom is -0.508 e. The predicted octanol–water partition coefficient (Wildman–Crippen LogP) is 7.74. The van der Waals surface area contributed by atoms with Crippen LogP contribution in [0.15, 0.2) is 78.9 Å². The third kappa shape index (κ3) is 4.71. The van der Waals surface area contributed by atoms with E-state index in [9.17, 15) is 15.3 Å². The Labute approximate surface area is 231 Å². The van der Waals surface area contributed by atoms with Crippen molar-refractivity contribution in [2.45, 2.75) is 32.6 Å². The number of ether oxygens (including phenoxy) is 1. The van der Waals surface area contributed by atoms with E-state index in [0.29, 0.717) is 12.4 Å². The summed E-state index contributed by atoms with van der Waals surface area (Å²) in [6.45, 7) is 2.58. The fraction of sp³-hybridized carbons (Fsp3) is 0.182. The van der Waals surface area contributed by atoms with Crippen molar-refractivity contribution in [2.75, 3.05) is 6.61 Å². The van der Waals surface area contributed by atoms with Gasteiger partial charge in [-0.15, -0.1) is 0 Å². The summed E-state index contributed by atoms with van der Waals surface area (Å²) in [5, 5.41) is 37.5. The van der Waals surface area contributed by atoms with Crippen molar-refractivity contribution in [3.8, 4) is 46.0 Å². The number of hydrogen-bond donors (Lipinski definition) is 3. The number of unbranched alkanes of at least 4 members (excludes halogenated alkanes) is 3. The molecule has 5 aromatic carbocycles. The number of phenolic OH excluding ortho intramolecular Hbond substituents is 3. The molecule has 0 atom stereocenters. The van der Waals surface area contributed by atoms with E-state index < -0.39 is 0 Å². The first-order chi connectivity index (χ1) is 19.5. The number of rotatable bonds is 8. The van der Waals surface area contributed by atoms with Crippen LogP contribution < -0.4 is 4.74 Å². The van der Waals surface area contributed by atoms with Gasteiger partial charge in [-0.2, -0.15) is 9.97 Å². The number of nitrogens with zero attached hydrogens (tertiary/aromatic N) is 3. The smallest absolute Gasteiger partial charge is 0.320 e. The fourth-order valence-electron chi connectivity index (χ4n) is 5.22. The number of fused-ring (bicyclic) bond motifs is 5. The molecule has 0 fully saturated rings. The van der Waals surface area contributed by atoms with Gasteiger partial charge < -0.3 is 20.1 Å². The molecule has 1 aromatic heterocycles. The van der Waals surface area contributed by atoms with E-state index in [4.69, 9.17) is 14.7 Å². The second-order valence-corrected chi connectivity index (χ2v) is 9.88. The summed E-state index contributed by atoms with van der Waals surface area (Å²) >= 11 is 0. The fourth-order valence-corrected chi connectivity index (χ4v) is 5.22. The SMILES string of the molecule is CCCCCCOc1nc(-c2c(O)cc(O)cc2O)nc(-c2cc3c4ccccc4ccc3c3ccccc23)n1. The highest BCUT2D eigenvalue weighted by molar-refractivity contribution is 6.20. The van der Waals surface area contributed by atoms with Gasteiger partial charge in [0.15, 0.2) is 11.6 Å². The van der Waals surface area contributed by atoms with Crippen LogP contribution in [0.5, 0.6) is 23.3 Å². The van der Waals surface area contributed by atoms with Gasteiger partial charge in [0.25, 0.3) is 0 Å². The Morgan fingerprint density at radius 3 is 2.08 bits per heavy atom. The van der Waals surface area contributed by atoms with Gasteiger partial charge in [0.2, 0.25) is 0 Å². The van der Waals surface area contributed by atoms with Crippen LogP contribution in [0.1, 0.15) is 32.6 Å². The lowest BCUT2D eigenvalue weighted by Crippen LogP contribution is -2.05. The number of hydrogen-bond acceptors (Lipinski definition) is 7. The maximum absolute atomic E-state index is 10.6. The van der Waals surface area contributed by atoms with Crippen LogP contribution in [-0.4, -0.2) is 36.9 Å². The highest BCUT2D eigenvalue weighted by atomic mass is 16.5. The third-order valence-corrected chi connectivity index (χ3v) is 7.16. The minimum atomic E-state index is -0.349. The largest absolute Gasteiger partial charge is 0.508 e. The molecule has 0 aliphatic rings. The topological polar surface area (TPSA) is 109 Å². The summed E-state index contributed by atoms with van der Waals surface area (Å²) in [6, 6.07) is 25.1. The minimum absolute atomic E-state index is 0.00664. The maximum Gasteiger partial charge on any atom is 0.320 e. The van der Waals surface area contributed by atoms with Crippen molar-refractivity contribution in [3.63, 3.8) is 0 Å². The Balaban J connectivity index is 1.59. The molecule has 7 heteroatoms. The molecule has 0 radical (unpaired) electrons. The molecule has 0 spiro atoms. The second kappa shape index (κ2) is 10.7. The van der Waals surface area contributed by atoms with Crippen molar-refractivity contribution in [2.24, 2.45) is 0 Å². The zero-order chi connectivity index (χ0) is 27.6. The van der Waals surface area contributed by atoms with Crippen LogP contribution >= 0.6 is 0 Å². The van der Waals surface area contributed by atoms with Crippen LogP contribution in [0.3, 0.4) is 0 Å². The van der Waals surface area contributed by atoms with Crippen LogP contribution in [0.25, 0.3) is 55.1 Å².